The summed E-state index contributed by atoms with van der Waals surface area (Å²) in [5, 5.41) is 10.4. The Morgan fingerprint density at radius 1 is 1.33 bits per heavy atom. The van der Waals surface area contributed by atoms with Crippen LogP contribution in [0.2, 0.25) is 0 Å². The lowest BCUT2D eigenvalue weighted by Gasteiger charge is -2.63. The van der Waals surface area contributed by atoms with Crippen molar-refractivity contribution in [2.45, 2.75) is 42.4 Å². The Morgan fingerprint density at radius 2 is 2.17 bits per heavy atom. The van der Waals surface area contributed by atoms with Crippen molar-refractivity contribution in [3.63, 3.8) is 0 Å². The molecule has 4 aliphatic rings. The zero-order valence-electron chi connectivity index (χ0n) is 14.3. The Labute approximate surface area is 141 Å². The summed E-state index contributed by atoms with van der Waals surface area (Å²) in [7, 11) is 5.71. The number of benzene rings is 1. The lowest BCUT2D eigenvalue weighted by molar-refractivity contribution is -0.182. The molecule has 2 aliphatic heterocycles. The molecule has 1 N–H and O–H groups in total. The standard InChI is InChI=1S/C19H23NO4/c1-20-9-8-18-15-11-4-5-12(21)16(15)24-17(18)13(22-2)6-7-19(18,23-3)14(20)10-11/h4-6,14,17,21H,7-10H2,1-3H3/t14-,17+,18+,19-/m1/s1. The summed E-state index contributed by atoms with van der Waals surface area (Å²) in [6, 6.07) is 4.10. The third kappa shape index (κ3) is 1.33. The molecule has 2 aliphatic carbocycles. The summed E-state index contributed by atoms with van der Waals surface area (Å²) in [5.41, 5.74) is 1.78. The molecule has 1 aromatic carbocycles. The van der Waals surface area contributed by atoms with Crippen LogP contribution in [0.3, 0.4) is 0 Å². The smallest absolute Gasteiger partial charge is 0.168 e. The molecule has 1 aromatic rings. The van der Waals surface area contributed by atoms with Crippen molar-refractivity contribution >= 4 is 0 Å². The molecule has 0 radical (unpaired) electrons. The summed E-state index contributed by atoms with van der Waals surface area (Å²) >= 11 is 0. The van der Waals surface area contributed by atoms with Crippen molar-refractivity contribution in [2.24, 2.45) is 0 Å². The number of phenols is 1. The average molecular weight is 329 g/mol. The summed E-state index contributed by atoms with van der Waals surface area (Å²) in [6.45, 7) is 0.987. The van der Waals surface area contributed by atoms with Crippen LogP contribution in [0.1, 0.15) is 24.0 Å². The second kappa shape index (κ2) is 4.46. The highest BCUT2D eigenvalue weighted by molar-refractivity contribution is 5.63. The molecule has 1 saturated heterocycles. The van der Waals surface area contributed by atoms with Crippen LogP contribution in [-0.2, 0) is 21.3 Å². The van der Waals surface area contributed by atoms with E-state index in [2.05, 4.69) is 24.1 Å². The summed E-state index contributed by atoms with van der Waals surface area (Å²) in [4.78, 5) is 2.42. The predicted molar refractivity (Wildman–Crippen MR) is 88.4 cm³/mol. The molecule has 0 aromatic heterocycles. The fraction of sp³-hybridized carbons (Fsp3) is 0.579. The molecule has 0 saturated carbocycles. The number of methoxy groups -OCH3 is 2. The lowest BCUT2D eigenvalue weighted by atomic mass is 9.50. The van der Waals surface area contributed by atoms with Gasteiger partial charge in [-0.05, 0) is 44.1 Å². The number of rotatable bonds is 2. The van der Waals surface area contributed by atoms with Crippen molar-refractivity contribution in [2.75, 3.05) is 27.8 Å². The van der Waals surface area contributed by atoms with E-state index in [0.29, 0.717) is 11.8 Å². The van der Waals surface area contributed by atoms with Crippen molar-refractivity contribution in [3.05, 3.63) is 35.1 Å². The molecule has 5 nitrogen and oxygen atoms in total. The van der Waals surface area contributed by atoms with Gasteiger partial charge in [-0.15, -0.1) is 0 Å². The largest absolute Gasteiger partial charge is 0.504 e. The Hall–Kier alpha value is -1.72. The number of aromatic hydroxyl groups is 1. The number of likely N-dealkylation sites (tertiary alicyclic amines) is 1. The topological polar surface area (TPSA) is 51.2 Å². The van der Waals surface area contributed by atoms with Gasteiger partial charge in [0.05, 0.1) is 12.5 Å². The molecule has 24 heavy (non-hydrogen) atoms. The normalized spacial score (nSPS) is 39.0. The summed E-state index contributed by atoms with van der Waals surface area (Å²) in [6.07, 6.45) is 4.54. The van der Waals surface area contributed by atoms with Crippen LogP contribution in [0.15, 0.2) is 24.0 Å². The first-order chi connectivity index (χ1) is 11.6. The first-order valence-electron chi connectivity index (χ1n) is 8.60. The van der Waals surface area contributed by atoms with Crippen LogP contribution in [0.5, 0.6) is 11.5 Å². The third-order valence-electron chi connectivity index (χ3n) is 6.92. The fourth-order valence-corrected chi connectivity index (χ4v) is 5.90. The highest BCUT2D eigenvalue weighted by Gasteiger charge is 2.72. The van der Waals surface area contributed by atoms with Crippen molar-refractivity contribution < 1.29 is 19.3 Å². The highest BCUT2D eigenvalue weighted by atomic mass is 16.5. The van der Waals surface area contributed by atoms with Crippen molar-refractivity contribution in [1.82, 2.24) is 4.90 Å². The van der Waals surface area contributed by atoms with E-state index in [1.807, 2.05) is 7.11 Å². The number of nitrogens with zero attached hydrogens (tertiary/aromatic N) is 1. The first-order valence-corrected chi connectivity index (χ1v) is 8.60. The van der Waals surface area contributed by atoms with Crippen LogP contribution in [0.25, 0.3) is 0 Å². The number of likely N-dealkylation sites (N-methyl/N-ethyl adjacent to an activating group) is 1. The van der Waals surface area contributed by atoms with Gasteiger partial charge in [-0.2, -0.15) is 0 Å². The molecule has 2 bridgehead atoms. The molecule has 0 amide bonds. The number of hydrogen-bond donors (Lipinski definition) is 1. The molecule has 1 fully saturated rings. The molecule has 4 atom stereocenters. The molecule has 0 unspecified atom stereocenters. The van der Waals surface area contributed by atoms with Gasteiger partial charge in [0.2, 0.25) is 0 Å². The maximum Gasteiger partial charge on any atom is 0.168 e. The van der Waals surface area contributed by atoms with Gasteiger partial charge in [-0.1, -0.05) is 6.07 Å². The quantitative estimate of drug-likeness (QED) is 0.899. The zero-order chi connectivity index (χ0) is 16.7. The molecule has 5 heteroatoms. The monoisotopic (exact) mass is 329 g/mol. The van der Waals surface area contributed by atoms with E-state index in [1.54, 1.807) is 13.2 Å². The summed E-state index contributed by atoms with van der Waals surface area (Å²) < 4.78 is 18.3. The molecule has 1 spiro atoms. The van der Waals surface area contributed by atoms with Gasteiger partial charge in [0.25, 0.3) is 0 Å². The number of hydrogen-bond acceptors (Lipinski definition) is 5. The van der Waals surface area contributed by atoms with Gasteiger partial charge in [0.1, 0.15) is 11.4 Å². The maximum atomic E-state index is 10.4. The maximum absolute atomic E-state index is 10.4. The number of phenolic OH excluding ortho intramolecular Hbond substituents is 1. The van der Waals surface area contributed by atoms with E-state index < -0.39 is 0 Å². The van der Waals surface area contributed by atoms with Crippen LogP contribution in [0, 0.1) is 0 Å². The van der Waals surface area contributed by atoms with Crippen LogP contribution < -0.4 is 4.74 Å². The zero-order valence-corrected chi connectivity index (χ0v) is 14.3. The van der Waals surface area contributed by atoms with Crippen molar-refractivity contribution in [1.29, 1.82) is 0 Å². The number of piperidine rings is 1. The first kappa shape index (κ1) is 14.6. The lowest BCUT2D eigenvalue weighted by Crippen LogP contribution is -2.75. The van der Waals surface area contributed by atoms with Crippen LogP contribution >= 0.6 is 0 Å². The molecule has 128 valence electrons. The molecule has 2 heterocycles. The second-order valence-electron chi connectivity index (χ2n) is 7.48. The van der Waals surface area contributed by atoms with Gasteiger partial charge in [-0.3, -0.25) is 0 Å². The molecular weight excluding hydrogens is 306 g/mol. The van der Waals surface area contributed by atoms with Gasteiger partial charge in [0.15, 0.2) is 17.6 Å². The van der Waals surface area contributed by atoms with Gasteiger partial charge in [-0.25, -0.2) is 0 Å². The van der Waals surface area contributed by atoms with E-state index in [0.717, 1.165) is 37.1 Å². The van der Waals surface area contributed by atoms with Crippen LogP contribution in [-0.4, -0.2) is 55.6 Å². The fourth-order valence-electron chi connectivity index (χ4n) is 5.90. The minimum Gasteiger partial charge on any atom is -0.504 e. The Kier molecular flexibility index (Phi) is 2.72. The van der Waals surface area contributed by atoms with Gasteiger partial charge >= 0.3 is 0 Å². The van der Waals surface area contributed by atoms with E-state index in [-0.39, 0.29) is 22.9 Å². The Balaban J connectivity index is 1.87. The van der Waals surface area contributed by atoms with E-state index in [1.165, 1.54) is 5.56 Å². The van der Waals surface area contributed by atoms with Crippen molar-refractivity contribution in [3.8, 4) is 11.5 Å². The highest BCUT2D eigenvalue weighted by Crippen LogP contribution is 2.66. The average Bonchev–Trinajstić information content (AvgIpc) is 2.95. The summed E-state index contributed by atoms with van der Waals surface area (Å²) in [5.74, 6) is 1.71. The predicted octanol–water partition coefficient (Wildman–Crippen LogP) is 1.97. The van der Waals surface area contributed by atoms with Gasteiger partial charge in [0, 0.05) is 25.1 Å². The second-order valence-corrected chi connectivity index (χ2v) is 7.48. The van der Waals surface area contributed by atoms with E-state index in [9.17, 15) is 5.11 Å². The van der Waals surface area contributed by atoms with E-state index >= 15 is 0 Å². The Bertz CT molecular complexity index is 760. The van der Waals surface area contributed by atoms with Crippen LogP contribution in [0.4, 0.5) is 0 Å². The third-order valence-corrected chi connectivity index (χ3v) is 6.92. The number of ether oxygens (including phenoxy) is 3. The van der Waals surface area contributed by atoms with E-state index in [4.69, 9.17) is 14.2 Å². The Morgan fingerprint density at radius 3 is 2.92 bits per heavy atom. The molecule has 5 rings (SSSR count). The minimum absolute atomic E-state index is 0.218. The minimum atomic E-state index is -0.348. The SMILES string of the molecule is COC1=CC[C@@]2(OC)[C@H]3Cc4ccc(O)c5c4[C@@]2(CCN3C)[C@H]1O5. The molecular formula is C19H23NO4. The van der Waals surface area contributed by atoms with Gasteiger partial charge < -0.3 is 24.2 Å².